The third kappa shape index (κ3) is 8.97. The molecule has 0 saturated carbocycles. The van der Waals surface area contributed by atoms with Crippen LogP contribution >= 0.6 is 0 Å². The van der Waals surface area contributed by atoms with E-state index in [1.807, 2.05) is 30.3 Å². The van der Waals surface area contributed by atoms with E-state index in [1.54, 1.807) is 24.3 Å². The van der Waals surface area contributed by atoms with Gasteiger partial charge in [0.25, 0.3) is 0 Å². The van der Waals surface area contributed by atoms with Crippen molar-refractivity contribution in [1.82, 2.24) is 10.2 Å². The number of alkyl halides is 3. The van der Waals surface area contributed by atoms with Gasteiger partial charge in [-0.15, -0.1) is 0 Å². The fourth-order valence-electron chi connectivity index (χ4n) is 4.53. The second-order valence-corrected chi connectivity index (χ2v) is 11.6. The van der Waals surface area contributed by atoms with E-state index in [0.717, 1.165) is 34.3 Å². The van der Waals surface area contributed by atoms with Crippen LogP contribution in [0.1, 0.15) is 29.5 Å². The molecule has 0 saturated heterocycles. The van der Waals surface area contributed by atoms with E-state index in [1.165, 1.54) is 25.1 Å². The molecule has 3 aromatic rings. The molecule has 1 atom stereocenters. The molecule has 0 aliphatic rings. The molecule has 0 spiro atoms. The first-order valence-corrected chi connectivity index (χ1v) is 15.0. The zero-order valence-corrected chi connectivity index (χ0v) is 24.4. The summed E-state index contributed by atoms with van der Waals surface area (Å²) in [5, 5.41) is 2.63. The summed E-state index contributed by atoms with van der Waals surface area (Å²) in [6, 6.07) is 19.4. The quantitative estimate of drug-likeness (QED) is 0.306. The minimum absolute atomic E-state index is 0.00254. The number of nitrogens with one attached hydrogen (secondary N) is 1. The Bertz CT molecular complexity index is 1470. The van der Waals surface area contributed by atoms with Crippen LogP contribution in [0.5, 0.6) is 5.75 Å². The average Bonchev–Trinajstić information content (AvgIpc) is 2.96. The molecule has 0 fully saturated rings. The molecule has 1 unspecified atom stereocenters. The molecule has 3 aromatic carbocycles. The van der Waals surface area contributed by atoms with Crippen molar-refractivity contribution in [2.75, 3.05) is 31.3 Å². The number of rotatable bonds is 13. The number of hydrogen-bond acceptors (Lipinski definition) is 5. The van der Waals surface area contributed by atoms with Gasteiger partial charge in [-0.25, -0.2) is 8.42 Å². The summed E-state index contributed by atoms with van der Waals surface area (Å²) in [6.45, 7) is -0.160. The van der Waals surface area contributed by atoms with E-state index in [0.29, 0.717) is 11.3 Å². The summed E-state index contributed by atoms with van der Waals surface area (Å²) < 4.78 is 71.0. The maximum atomic E-state index is 13.7. The molecule has 12 heteroatoms. The Morgan fingerprint density at radius 3 is 2.24 bits per heavy atom. The highest BCUT2D eigenvalue weighted by molar-refractivity contribution is 7.92. The highest BCUT2D eigenvalue weighted by Gasteiger charge is 2.32. The molecule has 0 radical (unpaired) electrons. The fraction of sp³-hybridized carbons (Fsp3) is 0.333. The van der Waals surface area contributed by atoms with Gasteiger partial charge in [-0.3, -0.25) is 13.9 Å². The molecular weight excluding hydrogens is 571 g/mol. The van der Waals surface area contributed by atoms with Gasteiger partial charge in [-0.1, -0.05) is 48.5 Å². The van der Waals surface area contributed by atoms with Gasteiger partial charge in [0.05, 0.1) is 24.6 Å². The summed E-state index contributed by atoms with van der Waals surface area (Å²) in [7, 11) is -0.970. The van der Waals surface area contributed by atoms with Crippen molar-refractivity contribution >= 4 is 27.5 Å². The minimum atomic E-state index is -4.65. The fourth-order valence-corrected chi connectivity index (χ4v) is 5.49. The number of anilines is 1. The molecule has 0 bridgehead atoms. The minimum Gasteiger partial charge on any atom is -0.497 e. The Balaban J connectivity index is 1.87. The van der Waals surface area contributed by atoms with E-state index >= 15 is 0 Å². The Hall–Kier alpha value is -4.06. The number of amides is 2. The van der Waals surface area contributed by atoms with Crippen LogP contribution < -0.4 is 14.4 Å². The second-order valence-electron chi connectivity index (χ2n) is 9.68. The van der Waals surface area contributed by atoms with Crippen molar-refractivity contribution in [3.8, 4) is 5.75 Å². The first kappa shape index (κ1) is 32.5. The van der Waals surface area contributed by atoms with Crippen LogP contribution in [-0.4, -0.2) is 58.1 Å². The molecule has 1 N–H and O–H groups in total. The van der Waals surface area contributed by atoms with Crippen LogP contribution in [0.2, 0.25) is 0 Å². The lowest BCUT2D eigenvalue weighted by Gasteiger charge is -2.31. The lowest BCUT2D eigenvalue weighted by Crippen LogP contribution is -2.49. The van der Waals surface area contributed by atoms with Crippen molar-refractivity contribution in [1.29, 1.82) is 0 Å². The van der Waals surface area contributed by atoms with Gasteiger partial charge in [0, 0.05) is 33.0 Å². The van der Waals surface area contributed by atoms with Gasteiger partial charge in [0.1, 0.15) is 11.8 Å². The number of carbonyl (C=O) groups is 2. The van der Waals surface area contributed by atoms with Gasteiger partial charge in [-0.05, 0) is 47.9 Å². The van der Waals surface area contributed by atoms with E-state index in [9.17, 15) is 31.2 Å². The summed E-state index contributed by atoms with van der Waals surface area (Å²) >= 11 is 0. The normalized spacial score (nSPS) is 12.3. The molecule has 3 rings (SSSR count). The second kappa shape index (κ2) is 14.2. The number of nitrogens with zero attached hydrogens (tertiary/aromatic N) is 2. The Morgan fingerprint density at radius 2 is 1.62 bits per heavy atom. The highest BCUT2D eigenvalue weighted by Crippen LogP contribution is 2.32. The van der Waals surface area contributed by atoms with Crippen LogP contribution in [0.4, 0.5) is 18.9 Å². The molecule has 8 nitrogen and oxygen atoms in total. The predicted molar refractivity (Wildman–Crippen MR) is 154 cm³/mol. The number of benzene rings is 3. The Morgan fingerprint density at radius 1 is 0.952 bits per heavy atom. The monoisotopic (exact) mass is 605 g/mol. The van der Waals surface area contributed by atoms with E-state index < -0.39 is 33.7 Å². The smallest absolute Gasteiger partial charge is 0.416 e. The van der Waals surface area contributed by atoms with Crippen LogP contribution in [0.15, 0.2) is 78.9 Å². The zero-order chi connectivity index (χ0) is 30.9. The van der Waals surface area contributed by atoms with Crippen molar-refractivity contribution in [3.63, 3.8) is 0 Å². The average molecular weight is 606 g/mol. The number of hydrogen-bond donors (Lipinski definition) is 1. The molecule has 42 heavy (non-hydrogen) atoms. The number of ether oxygens (including phenoxy) is 1. The molecule has 0 aromatic heterocycles. The molecule has 0 aliphatic carbocycles. The molecular formula is C30H34F3N3O5S. The first-order valence-electron chi connectivity index (χ1n) is 13.2. The van der Waals surface area contributed by atoms with E-state index in [-0.39, 0.29) is 43.9 Å². The standard InChI is InChI=1S/C30H34F3N3O5S/c1-34-29(38)27(19-22-10-5-4-6-11-22)35(21-23-12-7-15-26(18-23)41-2)28(37)16-9-17-36(42(3,39)40)25-14-8-13-24(20-25)30(31,32)33/h4-8,10-15,18,20,27H,9,16-17,19,21H2,1-3H3,(H,34,38). The Labute approximate surface area is 244 Å². The number of methoxy groups -OCH3 is 1. The summed E-state index contributed by atoms with van der Waals surface area (Å²) in [5.41, 5.74) is 0.414. The third-order valence-electron chi connectivity index (χ3n) is 6.62. The Kier molecular flexibility index (Phi) is 11.0. The zero-order valence-electron chi connectivity index (χ0n) is 23.6. The summed E-state index contributed by atoms with van der Waals surface area (Å²) in [6.07, 6.45) is -3.68. The predicted octanol–water partition coefficient (Wildman–Crippen LogP) is 4.65. The lowest BCUT2D eigenvalue weighted by molar-refractivity contribution is -0.141. The topological polar surface area (TPSA) is 96.0 Å². The molecule has 226 valence electrons. The molecule has 0 heterocycles. The number of carbonyl (C=O) groups excluding carboxylic acids is 2. The highest BCUT2D eigenvalue weighted by atomic mass is 32.2. The van der Waals surface area contributed by atoms with Crippen LogP contribution in [0.3, 0.4) is 0 Å². The maximum Gasteiger partial charge on any atom is 0.416 e. The van der Waals surface area contributed by atoms with Crippen molar-refractivity contribution in [2.45, 2.75) is 38.0 Å². The molecule has 2 amide bonds. The van der Waals surface area contributed by atoms with Gasteiger partial charge in [0.15, 0.2) is 0 Å². The summed E-state index contributed by atoms with van der Waals surface area (Å²) in [4.78, 5) is 28.2. The van der Waals surface area contributed by atoms with E-state index in [2.05, 4.69) is 5.32 Å². The third-order valence-corrected chi connectivity index (χ3v) is 7.81. The summed E-state index contributed by atoms with van der Waals surface area (Å²) in [5.74, 6) is -0.221. The van der Waals surface area contributed by atoms with Crippen LogP contribution in [-0.2, 0) is 38.8 Å². The largest absolute Gasteiger partial charge is 0.497 e. The maximum absolute atomic E-state index is 13.7. The van der Waals surface area contributed by atoms with Gasteiger partial charge in [-0.2, -0.15) is 13.2 Å². The van der Waals surface area contributed by atoms with Crippen LogP contribution in [0.25, 0.3) is 0 Å². The van der Waals surface area contributed by atoms with Gasteiger partial charge in [0.2, 0.25) is 21.8 Å². The number of halogens is 3. The van der Waals surface area contributed by atoms with Gasteiger partial charge >= 0.3 is 6.18 Å². The van der Waals surface area contributed by atoms with Crippen molar-refractivity contribution < 1.29 is 35.9 Å². The lowest BCUT2D eigenvalue weighted by atomic mass is 10.0. The van der Waals surface area contributed by atoms with Crippen molar-refractivity contribution in [2.24, 2.45) is 0 Å². The van der Waals surface area contributed by atoms with E-state index in [4.69, 9.17) is 4.74 Å². The first-order chi connectivity index (χ1) is 19.8. The van der Waals surface area contributed by atoms with Crippen LogP contribution in [0, 0.1) is 0 Å². The number of likely N-dealkylation sites (N-methyl/N-ethyl adjacent to an activating group) is 1. The molecule has 0 aliphatic heterocycles. The SMILES string of the molecule is CNC(=O)C(Cc1ccccc1)N(Cc1cccc(OC)c1)C(=O)CCCN(c1cccc(C(F)(F)F)c1)S(C)(=O)=O. The van der Waals surface area contributed by atoms with Gasteiger partial charge < -0.3 is 15.0 Å². The number of sulfonamides is 1. The van der Waals surface area contributed by atoms with Crippen molar-refractivity contribution in [3.05, 3.63) is 95.6 Å².